The van der Waals surface area contributed by atoms with Crippen LogP contribution < -0.4 is 0 Å². The predicted molar refractivity (Wildman–Crippen MR) is 117 cm³/mol. The second-order valence-electron chi connectivity index (χ2n) is 10.2. The minimum atomic E-state index is -1.08. The summed E-state index contributed by atoms with van der Waals surface area (Å²) in [5, 5.41) is 0. The fourth-order valence-electron chi connectivity index (χ4n) is 6.48. The van der Waals surface area contributed by atoms with Gasteiger partial charge in [-0.25, -0.2) is 0 Å². The van der Waals surface area contributed by atoms with Crippen molar-refractivity contribution >= 4 is 0 Å². The van der Waals surface area contributed by atoms with Gasteiger partial charge in [-0.1, -0.05) is 18.8 Å². The van der Waals surface area contributed by atoms with Crippen molar-refractivity contribution in [3.63, 3.8) is 0 Å². The van der Waals surface area contributed by atoms with E-state index in [0.29, 0.717) is 12.4 Å². The highest BCUT2D eigenvalue weighted by Crippen LogP contribution is 2.56. The lowest BCUT2D eigenvalue weighted by Crippen LogP contribution is -2.54. The molecule has 5 atom stereocenters. The average molecular weight is 459 g/mol. The number of aryl methyl sites for hydroxylation is 1. The first kappa shape index (κ1) is 22.1. The van der Waals surface area contributed by atoms with E-state index < -0.39 is 35.7 Å². The molecule has 3 aliphatic heterocycles. The van der Waals surface area contributed by atoms with Crippen LogP contribution in [0.3, 0.4) is 0 Å². The third kappa shape index (κ3) is 3.58. The largest absolute Gasteiger partial charge is 0.463 e. The molecule has 1 aromatic rings. The first-order valence-corrected chi connectivity index (χ1v) is 12.6. The fourth-order valence-corrected chi connectivity index (χ4v) is 6.48. The number of hydrogen-bond acceptors (Lipinski definition) is 7. The Kier molecular flexibility index (Phi) is 5.60. The Bertz CT molecular complexity index is 891. The molecule has 0 unspecified atom stereocenters. The number of fused-ring (bicyclic) bond motifs is 1. The molecule has 2 aliphatic carbocycles. The third-order valence-corrected chi connectivity index (χ3v) is 8.01. The molecular weight excluding hydrogens is 424 g/mol. The Morgan fingerprint density at radius 1 is 0.939 bits per heavy atom. The number of terminal acetylenes is 1. The molecule has 5 fully saturated rings. The average Bonchev–Trinajstić information content (AvgIpc) is 3.57. The SMILES string of the molecule is C#CCO[C@@]1(c2ccc(C)o2)[C@@H]([C@H]2COC3(CCCCC3)O2)O[C@@H]2OC3(CCCCC3)O[C@@H]21. The summed E-state index contributed by atoms with van der Waals surface area (Å²) in [5.41, 5.74) is -1.08. The zero-order valence-electron chi connectivity index (χ0n) is 19.4. The van der Waals surface area contributed by atoms with Crippen LogP contribution in [-0.2, 0) is 34.0 Å². The standard InChI is InChI=1S/C26H34O7/c1-3-16-27-26(20-11-10-18(2)29-20)21(19-17-28-24(31-19)12-6-4-7-13-24)30-23-22(26)32-25(33-23)14-8-5-9-15-25/h1,10-11,19,21-23H,4-9,12-17H2,2H3/t19-,21-,22+,23-,26+/m1/s1. The molecule has 7 nitrogen and oxygen atoms in total. The highest BCUT2D eigenvalue weighted by molar-refractivity contribution is 5.24. The molecule has 0 bridgehead atoms. The summed E-state index contributed by atoms with van der Waals surface area (Å²) in [7, 11) is 0. The zero-order valence-corrected chi connectivity index (χ0v) is 19.4. The van der Waals surface area contributed by atoms with Gasteiger partial charge in [0.2, 0.25) is 0 Å². The van der Waals surface area contributed by atoms with Gasteiger partial charge in [0.05, 0.1) is 6.61 Å². The number of hydrogen-bond donors (Lipinski definition) is 0. The quantitative estimate of drug-likeness (QED) is 0.623. The monoisotopic (exact) mass is 458 g/mol. The van der Waals surface area contributed by atoms with Crippen LogP contribution in [0.1, 0.15) is 75.7 Å². The maximum atomic E-state index is 6.72. The Morgan fingerprint density at radius 3 is 2.33 bits per heavy atom. The van der Waals surface area contributed by atoms with Crippen molar-refractivity contribution in [3.05, 3.63) is 23.7 Å². The van der Waals surface area contributed by atoms with E-state index >= 15 is 0 Å². The van der Waals surface area contributed by atoms with Crippen molar-refractivity contribution in [1.29, 1.82) is 0 Å². The smallest absolute Gasteiger partial charge is 0.191 e. The maximum Gasteiger partial charge on any atom is 0.191 e. The summed E-state index contributed by atoms with van der Waals surface area (Å²) in [6.07, 6.45) is 14.0. The molecular formula is C26H34O7. The predicted octanol–water partition coefficient (Wildman–Crippen LogP) is 4.31. The van der Waals surface area contributed by atoms with Crippen molar-refractivity contribution in [2.45, 2.75) is 113 Å². The summed E-state index contributed by atoms with van der Waals surface area (Å²) >= 11 is 0. The molecule has 3 saturated heterocycles. The first-order chi connectivity index (χ1) is 16.1. The Labute approximate surface area is 195 Å². The van der Waals surface area contributed by atoms with Crippen LogP contribution in [0.4, 0.5) is 0 Å². The van der Waals surface area contributed by atoms with Gasteiger partial charge in [0.15, 0.2) is 29.6 Å². The minimum Gasteiger partial charge on any atom is -0.463 e. The Morgan fingerprint density at radius 2 is 1.67 bits per heavy atom. The van der Waals surface area contributed by atoms with E-state index in [1.807, 2.05) is 19.1 Å². The minimum absolute atomic E-state index is 0.0951. The van der Waals surface area contributed by atoms with Gasteiger partial charge < -0.3 is 32.8 Å². The lowest BCUT2D eigenvalue weighted by atomic mass is 9.86. The molecule has 2 saturated carbocycles. The molecule has 5 aliphatic rings. The molecule has 2 spiro atoms. The summed E-state index contributed by atoms with van der Waals surface area (Å²) in [4.78, 5) is 0. The normalized spacial score (nSPS) is 39.2. The lowest BCUT2D eigenvalue weighted by Gasteiger charge is -2.40. The van der Waals surface area contributed by atoms with Gasteiger partial charge in [-0.2, -0.15) is 0 Å². The van der Waals surface area contributed by atoms with Gasteiger partial charge in [-0.15, -0.1) is 6.42 Å². The highest BCUT2D eigenvalue weighted by atomic mass is 16.9. The second kappa shape index (κ2) is 8.37. The van der Waals surface area contributed by atoms with Crippen molar-refractivity contribution in [2.24, 2.45) is 0 Å². The Hall–Kier alpha value is -1.40. The maximum absolute atomic E-state index is 6.72. The van der Waals surface area contributed by atoms with Gasteiger partial charge in [0, 0.05) is 25.7 Å². The van der Waals surface area contributed by atoms with Crippen molar-refractivity contribution in [1.82, 2.24) is 0 Å². The van der Waals surface area contributed by atoms with Crippen LogP contribution >= 0.6 is 0 Å². The van der Waals surface area contributed by atoms with E-state index in [0.717, 1.165) is 57.1 Å². The summed E-state index contributed by atoms with van der Waals surface area (Å²) in [6.45, 7) is 2.44. The van der Waals surface area contributed by atoms with E-state index in [1.54, 1.807) is 0 Å². The highest BCUT2D eigenvalue weighted by Gasteiger charge is 2.71. The number of rotatable bonds is 4. The molecule has 0 amide bonds. The van der Waals surface area contributed by atoms with E-state index in [9.17, 15) is 0 Å². The summed E-state index contributed by atoms with van der Waals surface area (Å²) < 4.78 is 45.4. The zero-order chi connectivity index (χ0) is 22.5. The van der Waals surface area contributed by atoms with Crippen molar-refractivity contribution < 1.29 is 32.8 Å². The molecule has 0 N–H and O–H groups in total. The van der Waals surface area contributed by atoms with Gasteiger partial charge in [-0.05, 0) is 44.7 Å². The van der Waals surface area contributed by atoms with E-state index in [1.165, 1.54) is 12.8 Å². The molecule has 180 valence electrons. The first-order valence-electron chi connectivity index (χ1n) is 12.6. The van der Waals surface area contributed by atoms with Crippen LogP contribution in [0.5, 0.6) is 0 Å². The van der Waals surface area contributed by atoms with Gasteiger partial charge in [0.25, 0.3) is 0 Å². The van der Waals surface area contributed by atoms with Gasteiger partial charge in [-0.3, -0.25) is 0 Å². The molecule has 6 rings (SSSR count). The fraction of sp³-hybridized carbons (Fsp3) is 0.769. The van der Waals surface area contributed by atoms with Crippen LogP contribution in [0.2, 0.25) is 0 Å². The van der Waals surface area contributed by atoms with Crippen LogP contribution in [0.15, 0.2) is 16.5 Å². The number of furan rings is 1. The van der Waals surface area contributed by atoms with E-state index in [2.05, 4.69) is 5.92 Å². The van der Waals surface area contributed by atoms with Crippen LogP contribution in [0, 0.1) is 19.3 Å². The topological polar surface area (TPSA) is 68.5 Å². The summed E-state index contributed by atoms with van der Waals surface area (Å²) in [6, 6.07) is 3.87. The number of ether oxygens (including phenoxy) is 6. The molecule has 1 aromatic heterocycles. The van der Waals surface area contributed by atoms with Crippen molar-refractivity contribution in [3.8, 4) is 12.3 Å². The van der Waals surface area contributed by atoms with Gasteiger partial charge >= 0.3 is 0 Å². The van der Waals surface area contributed by atoms with E-state index in [4.69, 9.17) is 39.3 Å². The van der Waals surface area contributed by atoms with Crippen LogP contribution in [-0.4, -0.2) is 49.4 Å². The van der Waals surface area contributed by atoms with Gasteiger partial charge in [0.1, 0.15) is 30.3 Å². The third-order valence-electron chi connectivity index (χ3n) is 8.01. The second-order valence-corrected chi connectivity index (χ2v) is 10.2. The van der Waals surface area contributed by atoms with Crippen molar-refractivity contribution in [2.75, 3.05) is 13.2 Å². The van der Waals surface area contributed by atoms with Crippen LogP contribution in [0.25, 0.3) is 0 Å². The lowest BCUT2D eigenvalue weighted by molar-refractivity contribution is -0.281. The molecule has 7 heteroatoms. The molecule has 33 heavy (non-hydrogen) atoms. The summed E-state index contributed by atoms with van der Waals surface area (Å²) in [5.74, 6) is 2.88. The molecule has 4 heterocycles. The molecule has 0 aromatic carbocycles. The Balaban J connectivity index is 1.37. The molecule has 0 radical (unpaired) electrons. The van der Waals surface area contributed by atoms with E-state index in [-0.39, 0.29) is 12.7 Å².